The van der Waals surface area contributed by atoms with Gasteiger partial charge in [0.25, 0.3) is 0 Å². The molecule has 5 rings (SSSR count). The van der Waals surface area contributed by atoms with Crippen molar-refractivity contribution < 1.29 is 9.13 Å². The van der Waals surface area contributed by atoms with Gasteiger partial charge in [-0.05, 0) is 35.4 Å². The molecule has 0 spiro atoms. The number of nitrogens with two attached hydrogens (primary N) is 1. The van der Waals surface area contributed by atoms with E-state index in [4.69, 9.17) is 22.1 Å². The van der Waals surface area contributed by atoms with Crippen molar-refractivity contribution in [3.8, 4) is 6.07 Å². The molecule has 2 aromatic rings. The van der Waals surface area contributed by atoms with Crippen molar-refractivity contribution in [2.24, 2.45) is 23.5 Å². The van der Waals surface area contributed by atoms with E-state index in [-0.39, 0.29) is 41.5 Å². The summed E-state index contributed by atoms with van der Waals surface area (Å²) in [7, 11) is 0. The number of benzene rings is 2. The molecule has 0 aromatic heterocycles. The molecule has 3 aliphatic heterocycles. The lowest BCUT2D eigenvalue weighted by molar-refractivity contribution is 0.00572. The van der Waals surface area contributed by atoms with E-state index in [1.54, 1.807) is 12.1 Å². The van der Waals surface area contributed by atoms with E-state index >= 15 is 0 Å². The molecule has 9 heteroatoms. The Bertz CT molecular complexity index is 1040. The maximum Gasteiger partial charge on any atom is 0.200 e. The zero-order valence-electron chi connectivity index (χ0n) is 16.5. The fraction of sp³-hybridized carbons (Fsp3) is 0.318. The molecule has 0 bridgehead atoms. The minimum absolute atomic E-state index is 0.00781. The van der Waals surface area contributed by atoms with Gasteiger partial charge in [-0.2, -0.15) is 5.26 Å². The molecule has 3 aliphatic rings. The predicted molar refractivity (Wildman–Crippen MR) is 113 cm³/mol. The van der Waals surface area contributed by atoms with Gasteiger partial charge in [0.1, 0.15) is 11.9 Å². The van der Waals surface area contributed by atoms with E-state index in [0.29, 0.717) is 17.1 Å². The zero-order chi connectivity index (χ0) is 21.5. The number of nitrogens with one attached hydrogen (secondary N) is 4. The summed E-state index contributed by atoms with van der Waals surface area (Å²) >= 11 is 6.08. The van der Waals surface area contributed by atoms with Crippen LogP contribution < -0.4 is 27.4 Å². The van der Waals surface area contributed by atoms with Crippen molar-refractivity contribution in [2.75, 3.05) is 6.54 Å². The number of ether oxygens (including phenoxy) is 1. The molecule has 0 amide bonds. The summed E-state index contributed by atoms with van der Waals surface area (Å²) in [6.07, 6.45) is -0.391. The van der Waals surface area contributed by atoms with Gasteiger partial charge in [-0.1, -0.05) is 35.9 Å². The summed E-state index contributed by atoms with van der Waals surface area (Å²) in [5, 5.41) is 10.6. The van der Waals surface area contributed by atoms with Gasteiger partial charge in [0.15, 0.2) is 12.1 Å². The molecule has 2 saturated heterocycles. The lowest BCUT2D eigenvalue weighted by atomic mass is 9.68. The molecule has 2 aromatic carbocycles. The third-order valence-corrected chi connectivity index (χ3v) is 6.70. The van der Waals surface area contributed by atoms with Crippen LogP contribution >= 0.6 is 11.6 Å². The Balaban J connectivity index is 1.56. The number of allylic oxidation sites excluding steroid dienone is 1. The number of nitrogens with zero attached hydrogens (tertiary/aromatic N) is 1. The van der Waals surface area contributed by atoms with Crippen molar-refractivity contribution in [1.82, 2.24) is 21.7 Å². The second kappa shape index (κ2) is 8.11. The average molecular weight is 441 g/mol. The molecular formula is C22H22ClFN6O. The van der Waals surface area contributed by atoms with Crippen LogP contribution in [0.15, 0.2) is 60.0 Å². The summed E-state index contributed by atoms with van der Waals surface area (Å²) in [4.78, 5) is 0. The Hall–Kier alpha value is -2.67. The maximum absolute atomic E-state index is 13.5. The third-order valence-electron chi connectivity index (χ3n) is 6.45. The highest BCUT2D eigenvalue weighted by Gasteiger charge is 2.53. The topological polar surface area (TPSA) is 107 Å². The monoisotopic (exact) mass is 440 g/mol. The molecule has 3 heterocycles. The summed E-state index contributed by atoms with van der Waals surface area (Å²) in [6.45, 7) is 0.627. The van der Waals surface area contributed by atoms with Gasteiger partial charge in [0.05, 0.1) is 17.7 Å². The van der Waals surface area contributed by atoms with Crippen molar-refractivity contribution in [3.05, 3.63) is 82.0 Å². The summed E-state index contributed by atoms with van der Waals surface area (Å²) in [6, 6.07) is 16.1. The molecule has 6 N–H and O–H groups in total. The molecule has 0 radical (unpaired) electrons. The lowest BCUT2D eigenvalue weighted by Crippen LogP contribution is -2.45. The van der Waals surface area contributed by atoms with Crippen molar-refractivity contribution >= 4 is 11.6 Å². The first-order chi connectivity index (χ1) is 15.1. The van der Waals surface area contributed by atoms with Gasteiger partial charge in [-0.3, -0.25) is 5.43 Å². The van der Waals surface area contributed by atoms with Crippen LogP contribution in [0.1, 0.15) is 23.2 Å². The van der Waals surface area contributed by atoms with Crippen LogP contribution in [-0.4, -0.2) is 12.8 Å². The van der Waals surface area contributed by atoms with Crippen molar-refractivity contribution in [1.29, 1.82) is 5.26 Å². The smallest absolute Gasteiger partial charge is 0.200 e. The average Bonchev–Trinajstić information content (AvgIpc) is 3.41. The van der Waals surface area contributed by atoms with E-state index in [0.717, 1.165) is 11.1 Å². The number of fused-ring (bicyclic) bond motifs is 1. The molecule has 160 valence electrons. The highest BCUT2D eigenvalue weighted by Crippen LogP contribution is 2.48. The zero-order valence-corrected chi connectivity index (χ0v) is 17.2. The van der Waals surface area contributed by atoms with Crippen LogP contribution in [0.2, 0.25) is 5.02 Å². The van der Waals surface area contributed by atoms with Gasteiger partial charge >= 0.3 is 0 Å². The Labute approximate surface area is 184 Å². The number of hydrazine groups is 2. The summed E-state index contributed by atoms with van der Waals surface area (Å²) in [5.41, 5.74) is 21.6. The van der Waals surface area contributed by atoms with Gasteiger partial charge < -0.3 is 10.5 Å². The molecule has 6 unspecified atom stereocenters. The second-order valence-electron chi connectivity index (χ2n) is 8.07. The largest absolute Gasteiger partial charge is 0.458 e. The molecule has 6 atom stereocenters. The second-order valence-corrected chi connectivity index (χ2v) is 8.50. The molecule has 7 nitrogen and oxygen atoms in total. The molecule has 31 heavy (non-hydrogen) atoms. The van der Waals surface area contributed by atoms with E-state index < -0.39 is 6.23 Å². The first-order valence-electron chi connectivity index (χ1n) is 10.1. The van der Waals surface area contributed by atoms with Gasteiger partial charge in [0.2, 0.25) is 0 Å². The standard InChI is InChI=1S/C22H22ClFN6O/c23-13-5-1-12(2-6-13)20-18-17(15(9-25)21(26)31-22(18)30-29-20)16-10-27-28-19(16)11-3-7-14(24)8-4-11/h1-8,16-20,22,27-30H,10,26H2. The number of rotatable bonds is 3. The lowest BCUT2D eigenvalue weighted by Gasteiger charge is -2.40. The summed E-state index contributed by atoms with van der Waals surface area (Å²) in [5.74, 6) is -0.454. The Morgan fingerprint density at radius 2 is 1.68 bits per heavy atom. The highest BCUT2D eigenvalue weighted by atomic mass is 35.5. The Morgan fingerprint density at radius 3 is 2.39 bits per heavy atom. The van der Waals surface area contributed by atoms with Gasteiger partial charge in [0, 0.05) is 29.3 Å². The number of hydrogen-bond donors (Lipinski definition) is 5. The Morgan fingerprint density at radius 1 is 1.00 bits per heavy atom. The molecule has 2 fully saturated rings. The molecule has 0 aliphatic carbocycles. The first-order valence-corrected chi connectivity index (χ1v) is 10.5. The fourth-order valence-corrected chi connectivity index (χ4v) is 5.18. The van der Waals surface area contributed by atoms with Gasteiger partial charge in [-0.15, -0.1) is 0 Å². The normalized spacial score (nSPS) is 32.4. The van der Waals surface area contributed by atoms with Crippen molar-refractivity contribution in [3.63, 3.8) is 0 Å². The Kier molecular flexibility index (Phi) is 5.30. The molecular weight excluding hydrogens is 419 g/mol. The van der Waals surface area contributed by atoms with Crippen LogP contribution in [-0.2, 0) is 4.74 Å². The van der Waals surface area contributed by atoms with E-state index in [9.17, 15) is 9.65 Å². The van der Waals surface area contributed by atoms with Crippen LogP contribution in [0.25, 0.3) is 0 Å². The number of nitriles is 1. The van der Waals surface area contributed by atoms with E-state index in [2.05, 4.69) is 27.8 Å². The minimum atomic E-state index is -0.391. The van der Waals surface area contributed by atoms with Crippen LogP contribution in [0.5, 0.6) is 0 Å². The predicted octanol–water partition coefficient (Wildman–Crippen LogP) is 2.38. The van der Waals surface area contributed by atoms with Gasteiger partial charge in [-0.25, -0.2) is 20.7 Å². The maximum atomic E-state index is 13.5. The van der Waals surface area contributed by atoms with Crippen LogP contribution in [0.4, 0.5) is 4.39 Å². The van der Waals surface area contributed by atoms with Crippen LogP contribution in [0, 0.1) is 34.9 Å². The quantitative estimate of drug-likeness (QED) is 0.498. The van der Waals surface area contributed by atoms with Crippen molar-refractivity contribution in [2.45, 2.75) is 18.3 Å². The minimum Gasteiger partial charge on any atom is -0.458 e. The number of halogens is 2. The van der Waals surface area contributed by atoms with E-state index in [1.165, 1.54) is 12.1 Å². The van der Waals surface area contributed by atoms with E-state index in [1.807, 2.05) is 24.3 Å². The summed E-state index contributed by atoms with van der Waals surface area (Å²) < 4.78 is 19.4. The highest BCUT2D eigenvalue weighted by molar-refractivity contribution is 6.30. The van der Waals surface area contributed by atoms with Crippen LogP contribution in [0.3, 0.4) is 0 Å². The number of hydrogen-bond acceptors (Lipinski definition) is 7. The fourth-order valence-electron chi connectivity index (χ4n) is 5.05. The first kappa shape index (κ1) is 20.2. The molecule has 0 saturated carbocycles. The SMILES string of the molecule is N#CC1=C(N)OC2NNC(c3ccc(Cl)cc3)C2C1C1CNNC1c1ccc(F)cc1. The third kappa shape index (κ3) is 3.55.